The van der Waals surface area contributed by atoms with E-state index >= 15 is 0 Å². The SMILES string of the molecule is COc1ccc(CCNC(=NCc2nnc(C)n2C)NCC2(C)CCCCC2O)cc1.I. The molecule has 8 nitrogen and oxygen atoms in total. The van der Waals surface area contributed by atoms with Crippen LogP contribution in [0.4, 0.5) is 0 Å². The van der Waals surface area contributed by atoms with Gasteiger partial charge in [-0.25, -0.2) is 4.99 Å². The minimum atomic E-state index is -0.282. The van der Waals surface area contributed by atoms with E-state index in [2.05, 4.69) is 39.9 Å². The third-order valence-electron chi connectivity index (χ3n) is 6.37. The lowest BCUT2D eigenvalue weighted by Crippen LogP contribution is -2.48. The lowest BCUT2D eigenvalue weighted by Gasteiger charge is -2.38. The molecular weight excluding hydrogens is 519 g/mol. The van der Waals surface area contributed by atoms with Gasteiger partial charge in [0.05, 0.1) is 13.2 Å². The second kappa shape index (κ2) is 12.4. The first-order valence-corrected chi connectivity index (χ1v) is 11.1. The van der Waals surface area contributed by atoms with Crippen LogP contribution >= 0.6 is 24.0 Å². The Morgan fingerprint density at radius 3 is 2.62 bits per heavy atom. The molecule has 2 aromatic rings. The first kappa shape index (κ1) is 26.4. The van der Waals surface area contributed by atoms with Crippen molar-refractivity contribution in [3.05, 3.63) is 41.5 Å². The van der Waals surface area contributed by atoms with E-state index in [1.54, 1.807) is 7.11 Å². The molecule has 1 aliphatic rings. The van der Waals surface area contributed by atoms with Gasteiger partial charge < -0.3 is 25.0 Å². The van der Waals surface area contributed by atoms with Crippen LogP contribution in [0.5, 0.6) is 5.75 Å². The average Bonchev–Trinajstić information content (AvgIpc) is 3.10. The van der Waals surface area contributed by atoms with E-state index in [1.165, 1.54) is 5.56 Å². The molecule has 3 N–H and O–H groups in total. The van der Waals surface area contributed by atoms with Crippen molar-refractivity contribution < 1.29 is 9.84 Å². The van der Waals surface area contributed by atoms with Crippen LogP contribution in [0.3, 0.4) is 0 Å². The third-order valence-corrected chi connectivity index (χ3v) is 6.37. The molecular formula is C23H37IN6O2. The van der Waals surface area contributed by atoms with Gasteiger partial charge >= 0.3 is 0 Å². The fourth-order valence-corrected chi connectivity index (χ4v) is 3.90. The van der Waals surface area contributed by atoms with Crippen molar-refractivity contribution in [2.24, 2.45) is 17.5 Å². The lowest BCUT2D eigenvalue weighted by atomic mass is 9.73. The van der Waals surface area contributed by atoms with Crippen LogP contribution in [0.1, 0.15) is 49.8 Å². The number of nitrogens with one attached hydrogen (secondary N) is 2. The zero-order chi connectivity index (χ0) is 22.3. The van der Waals surface area contributed by atoms with Crippen molar-refractivity contribution in [3.8, 4) is 5.75 Å². The molecule has 0 aliphatic heterocycles. The second-order valence-electron chi connectivity index (χ2n) is 8.68. The topological polar surface area (TPSA) is 96.6 Å². The maximum absolute atomic E-state index is 10.5. The summed E-state index contributed by atoms with van der Waals surface area (Å²) < 4.78 is 7.18. The first-order valence-electron chi connectivity index (χ1n) is 11.1. The zero-order valence-electron chi connectivity index (χ0n) is 19.6. The molecule has 2 atom stereocenters. The second-order valence-corrected chi connectivity index (χ2v) is 8.68. The Bertz CT molecular complexity index is 870. The Labute approximate surface area is 208 Å². The number of hydrogen-bond donors (Lipinski definition) is 3. The van der Waals surface area contributed by atoms with Crippen molar-refractivity contribution in [3.63, 3.8) is 0 Å². The summed E-state index contributed by atoms with van der Waals surface area (Å²) in [5, 5.41) is 25.7. The number of aromatic nitrogens is 3. The first-order chi connectivity index (χ1) is 14.9. The molecule has 1 fully saturated rings. The number of aliphatic hydroxyl groups excluding tert-OH is 1. The summed E-state index contributed by atoms with van der Waals surface area (Å²) in [5.74, 6) is 3.27. The number of aliphatic hydroxyl groups is 1. The number of hydrogen-bond acceptors (Lipinski definition) is 5. The molecule has 1 saturated carbocycles. The zero-order valence-corrected chi connectivity index (χ0v) is 21.9. The minimum Gasteiger partial charge on any atom is -0.497 e. The molecule has 0 spiro atoms. The highest BCUT2D eigenvalue weighted by molar-refractivity contribution is 14.0. The number of ether oxygens (including phenoxy) is 1. The summed E-state index contributed by atoms with van der Waals surface area (Å²) in [6, 6.07) is 8.10. The maximum atomic E-state index is 10.5. The third kappa shape index (κ3) is 7.06. The smallest absolute Gasteiger partial charge is 0.191 e. The van der Waals surface area contributed by atoms with Crippen LogP contribution in [-0.2, 0) is 20.0 Å². The summed E-state index contributed by atoms with van der Waals surface area (Å²) >= 11 is 0. The van der Waals surface area contributed by atoms with Gasteiger partial charge in [0.25, 0.3) is 0 Å². The van der Waals surface area contributed by atoms with E-state index < -0.39 is 0 Å². The highest BCUT2D eigenvalue weighted by atomic mass is 127. The van der Waals surface area contributed by atoms with Gasteiger partial charge in [0.15, 0.2) is 11.8 Å². The van der Waals surface area contributed by atoms with E-state index in [-0.39, 0.29) is 35.5 Å². The predicted octanol–water partition coefficient (Wildman–Crippen LogP) is 2.97. The standard InChI is InChI=1S/C23H36N6O2.HI/c1-17-27-28-21(29(17)3)15-25-22(26-16-23(2)13-6-5-7-20(23)30)24-14-12-18-8-10-19(31-4)11-9-18;/h8-11,20,30H,5-7,12-16H2,1-4H3,(H2,24,25,26);1H. The number of halogens is 1. The Balaban J connectivity index is 0.00000363. The Morgan fingerprint density at radius 2 is 2.00 bits per heavy atom. The van der Waals surface area contributed by atoms with Crippen molar-refractivity contribution in [2.75, 3.05) is 20.2 Å². The van der Waals surface area contributed by atoms with Crippen LogP contribution in [0.25, 0.3) is 0 Å². The van der Waals surface area contributed by atoms with Crippen molar-refractivity contribution in [2.45, 2.75) is 58.6 Å². The quantitative estimate of drug-likeness (QED) is 0.263. The number of guanidine groups is 1. The van der Waals surface area contributed by atoms with Gasteiger partial charge in [0.1, 0.15) is 18.1 Å². The monoisotopic (exact) mass is 556 g/mol. The number of aryl methyl sites for hydroxylation is 1. The van der Waals surface area contributed by atoms with E-state index in [4.69, 9.17) is 9.73 Å². The summed E-state index contributed by atoms with van der Waals surface area (Å²) in [6.45, 7) is 5.95. The summed E-state index contributed by atoms with van der Waals surface area (Å²) in [5.41, 5.74) is 1.09. The van der Waals surface area contributed by atoms with Crippen molar-refractivity contribution in [1.29, 1.82) is 0 Å². The molecule has 0 amide bonds. The van der Waals surface area contributed by atoms with Crippen molar-refractivity contribution >= 4 is 29.9 Å². The normalized spacial score (nSPS) is 21.0. The molecule has 1 aliphatic carbocycles. The predicted molar refractivity (Wildman–Crippen MR) is 138 cm³/mol. The van der Waals surface area contributed by atoms with Gasteiger partial charge in [0, 0.05) is 25.6 Å². The van der Waals surface area contributed by atoms with E-state index in [0.29, 0.717) is 13.1 Å². The average molecular weight is 556 g/mol. The Morgan fingerprint density at radius 1 is 1.25 bits per heavy atom. The van der Waals surface area contributed by atoms with E-state index in [1.807, 2.05) is 30.7 Å². The molecule has 0 radical (unpaired) electrons. The van der Waals surface area contributed by atoms with Crippen LogP contribution in [0.2, 0.25) is 0 Å². The Hall–Kier alpha value is -1.88. The van der Waals surface area contributed by atoms with Gasteiger partial charge in [-0.2, -0.15) is 0 Å². The van der Waals surface area contributed by atoms with Gasteiger partial charge in [-0.15, -0.1) is 34.2 Å². The van der Waals surface area contributed by atoms with Crippen LogP contribution in [0.15, 0.2) is 29.3 Å². The number of aliphatic imine (C=N–C) groups is 1. The number of methoxy groups -OCH3 is 1. The van der Waals surface area contributed by atoms with E-state index in [9.17, 15) is 5.11 Å². The molecule has 9 heteroatoms. The largest absolute Gasteiger partial charge is 0.497 e. The van der Waals surface area contributed by atoms with Crippen molar-refractivity contribution in [1.82, 2.24) is 25.4 Å². The number of rotatable bonds is 8. The summed E-state index contributed by atoms with van der Waals surface area (Å²) in [6.07, 6.45) is 4.73. The summed E-state index contributed by atoms with van der Waals surface area (Å²) in [4.78, 5) is 4.74. The fraction of sp³-hybridized carbons (Fsp3) is 0.609. The minimum absolute atomic E-state index is 0. The summed E-state index contributed by atoms with van der Waals surface area (Å²) in [7, 11) is 3.62. The van der Waals surface area contributed by atoms with Gasteiger partial charge in [0.2, 0.25) is 0 Å². The maximum Gasteiger partial charge on any atom is 0.191 e. The highest BCUT2D eigenvalue weighted by Crippen LogP contribution is 2.35. The van der Waals surface area contributed by atoms with Crippen LogP contribution in [-0.4, -0.2) is 52.1 Å². The van der Waals surface area contributed by atoms with Crippen LogP contribution in [0, 0.1) is 12.3 Å². The molecule has 178 valence electrons. The molecule has 2 unspecified atom stereocenters. The highest BCUT2D eigenvalue weighted by Gasteiger charge is 2.35. The molecule has 1 heterocycles. The number of nitrogens with zero attached hydrogens (tertiary/aromatic N) is 4. The van der Waals surface area contributed by atoms with Gasteiger partial charge in [-0.05, 0) is 43.9 Å². The molecule has 1 aromatic carbocycles. The molecule has 0 saturated heterocycles. The van der Waals surface area contributed by atoms with Crippen LogP contribution < -0.4 is 15.4 Å². The lowest BCUT2D eigenvalue weighted by molar-refractivity contribution is 0.00397. The van der Waals surface area contributed by atoms with Gasteiger partial charge in [-0.3, -0.25) is 0 Å². The Kier molecular flexibility index (Phi) is 10.2. The van der Waals surface area contributed by atoms with Gasteiger partial charge in [-0.1, -0.05) is 31.9 Å². The molecule has 3 rings (SSSR count). The number of benzene rings is 1. The molecule has 0 bridgehead atoms. The molecule has 1 aromatic heterocycles. The van der Waals surface area contributed by atoms with E-state index in [0.717, 1.165) is 62.0 Å². The molecule has 32 heavy (non-hydrogen) atoms. The fourth-order valence-electron chi connectivity index (χ4n) is 3.90.